The normalized spacial score (nSPS) is 14.8. The van der Waals surface area contributed by atoms with E-state index in [0.717, 1.165) is 11.3 Å². The molecule has 0 spiro atoms. The highest BCUT2D eigenvalue weighted by Gasteiger charge is 2.20. The third-order valence-corrected chi connectivity index (χ3v) is 4.24. The molecular formula is C18H24FN5OS. The van der Waals surface area contributed by atoms with Crippen LogP contribution in [0.3, 0.4) is 0 Å². The van der Waals surface area contributed by atoms with Gasteiger partial charge in [0.15, 0.2) is 0 Å². The number of carbonyl (C=O) groups is 1. The second-order valence-electron chi connectivity index (χ2n) is 6.38. The van der Waals surface area contributed by atoms with Gasteiger partial charge in [0.1, 0.15) is 5.82 Å². The Labute approximate surface area is 158 Å². The summed E-state index contributed by atoms with van der Waals surface area (Å²) in [5.41, 5.74) is 7.94. The molecule has 1 aliphatic rings. The van der Waals surface area contributed by atoms with Crippen molar-refractivity contribution in [1.29, 1.82) is 0 Å². The number of hydrogen-bond donors (Lipinski definition) is 2. The predicted molar refractivity (Wildman–Crippen MR) is 108 cm³/mol. The molecule has 140 valence electrons. The third kappa shape index (κ3) is 5.52. The number of benzene rings is 1. The van der Waals surface area contributed by atoms with Gasteiger partial charge in [0.05, 0.1) is 5.84 Å². The van der Waals surface area contributed by atoms with Crippen molar-refractivity contribution in [2.75, 3.05) is 32.1 Å². The number of anilines is 1. The Morgan fingerprint density at radius 3 is 2.58 bits per heavy atom. The fourth-order valence-corrected chi connectivity index (χ4v) is 2.86. The summed E-state index contributed by atoms with van der Waals surface area (Å²) in [6.07, 6.45) is 3.25. The van der Waals surface area contributed by atoms with Crippen LogP contribution in [0.5, 0.6) is 0 Å². The van der Waals surface area contributed by atoms with Crippen LogP contribution in [0.25, 0.3) is 6.08 Å². The van der Waals surface area contributed by atoms with Crippen LogP contribution in [0.1, 0.15) is 25.3 Å². The summed E-state index contributed by atoms with van der Waals surface area (Å²) >= 11 is 4.95. The fourth-order valence-electron chi connectivity index (χ4n) is 2.63. The highest BCUT2D eigenvalue weighted by atomic mass is 32.1. The number of rotatable bonds is 2. The lowest BCUT2D eigenvalue weighted by Crippen LogP contribution is -2.44. The zero-order valence-corrected chi connectivity index (χ0v) is 16.1. The van der Waals surface area contributed by atoms with E-state index in [-0.39, 0.29) is 17.0 Å². The standard InChI is InChI=1S/C18H24FN5OS/c1-12(20)21-17(26)22-18(25)24-8-6-13(7-9-24)10-14-4-5-15(23(2)3)11-16(14)19/h4-5,10-11H,6-9H2,1-3H3,(H3,20,21,22,25,26). The number of nitrogens with two attached hydrogens (primary N) is 1. The highest BCUT2D eigenvalue weighted by molar-refractivity contribution is 7.80. The van der Waals surface area contributed by atoms with Crippen molar-refractivity contribution in [3.63, 3.8) is 0 Å². The van der Waals surface area contributed by atoms with E-state index < -0.39 is 0 Å². The predicted octanol–water partition coefficient (Wildman–Crippen LogP) is 2.74. The minimum atomic E-state index is -0.291. The molecule has 0 unspecified atom stereocenters. The second-order valence-corrected chi connectivity index (χ2v) is 6.77. The average molecular weight is 377 g/mol. The number of aliphatic imine (C=N–C) groups is 1. The number of carbonyl (C=O) groups excluding carboxylic acids is 1. The Kier molecular flexibility index (Phi) is 6.68. The van der Waals surface area contributed by atoms with Crippen LogP contribution < -0.4 is 16.0 Å². The molecule has 0 bridgehead atoms. The van der Waals surface area contributed by atoms with Crippen LogP contribution in [-0.4, -0.2) is 49.1 Å². The first-order valence-corrected chi connectivity index (χ1v) is 8.74. The first kappa shape index (κ1) is 19.8. The quantitative estimate of drug-likeness (QED) is 0.472. The maximum absolute atomic E-state index is 14.2. The molecule has 0 aromatic heterocycles. The lowest BCUT2D eigenvalue weighted by molar-refractivity contribution is 0.199. The van der Waals surface area contributed by atoms with Crippen molar-refractivity contribution in [2.24, 2.45) is 10.7 Å². The van der Waals surface area contributed by atoms with Crippen molar-refractivity contribution in [2.45, 2.75) is 19.8 Å². The van der Waals surface area contributed by atoms with Gasteiger partial charge in [-0.25, -0.2) is 14.2 Å². The van der Waals surface area contributed by atoms with Gasteiger partial charge in [0.25, 0.3) is 0 Å². The molecule has 1 aliphatic heterocycles. The molecule has 2 amide bonds. The van der Waals surface area contributed by atoms with Crippen LogP contribution in [0, 0.1) is 5.82 Å². The molecule has 3 N–H and O–H groups in total. The van der Waals surface area contributed by atoms with Crippen LogP contribution in [-0.2, 0) is 0 Å². The van der Waals surface area contributed by atoms with E-state index in [1.165, 1.54) is 6.07 Å². The first-order chi connectivity index (χ1) is 12.3. The molecule has 1 fully saturated rings. The summed E-state index contributed by atoms with van der Waals surface area (Å²) in [7, 11) is 3.75. The smallest absolute Gasteiger partial charge is 0.323 e. The summed E-state index contributed by atoms with van der Waals surface area (Å²) in [4.78, 5) is 19.5. The number of hydrogen-bond acceptors (Lipinski definition) is 3. The van der Waals surface area contributed by atoms with Crippen molar-refractivity contribution in [3.8, 4) is 0 Å². The lowest BCUT2D eigenvalue weighted by Gasteiger charge is -2.28. The van der Waals surface area contributed by atoms with Gasteiger partial charge in [-0.05, 0) is 50.2 Å². The van der Waals surface area contributed by atoms with Crippen molar-refractivity contribution in [1.82, 2.24) is 10.2 Å². The Bertz CT molecular complexity index is 746. The molecule has 0 atom stereocenters. The minimum absolute atomic E-state index is 0.0550. The van der Waals surface area contributed by atoms with E-state index in [1.807, 2.05) is 31.1 Å². The van der Waals surface area contributed by atoms with Crippen LogP contribution in [0.15, 0.2) is 28.8 Å². The Balaban J connectivity index is 1.95. The fraction of sp³-hybridized carbons (Fsp3) is 0.389. The molecule has 1 aromatic carbocycles. The Hall–Kier alpha value is -2.48. The maximum Gasteiger partial charge on any atom is 0.323 e. The number of urea groups is 1. The van der Waals surface area contributed by atoms with E-state index in [4.69, 9.17) is 18.0 Å². The van der Waals surface area contributed by atoms with Gasteiger partial charge in [-0.1, -0.05) is 11.6 Å². The molecule has 0 saturated carbocycles. The van der Waals surface area contributed by atoms with Gasteiger partial charge >= 0.3 is 6.03 Å². The number of thiocarbonyl (C=S) groups is 1. The number of halogens is 1. The maximum atomic E-state index is 14.2. The van der Waals surface area contributed by atoms with Crippen LogP contribution in [0.2, 0.25) is 0 Å². The van der Waals surface area contributed by atoms with Crippen molar-refractivity contribution in [3.05, 3.63) is 35.2 Å². The molecule has 2 rings (SSSR count). The summed E-state index contributed by atoms with van der Waals surface area (Å²) in [6, 6.07) is 4.90. The molecule has 1 saturated heterocycles. The minimum Gasteiger partial charge on any atom is -0.387 e. The van der Waals surface area contributed by atoms with Crippen molar-refractivity contribution >= 4 is 41.0 Å². The number of likely N-dealkylation sites (tertiary alicyclic amines) is 1. The number of piperidine rings is 1. The number of nitrogens with zero attached hydrogens (tertiary/aromatic N) is 3. The summed E-state index contributed by atoms with van der Waals surface area (Å²) in [5.74, 6) is 0.0470. The van der Waals surface area contributed by atoms with Gasteiger partial charge in [0.2, 0.25) is 5.11 Å². The largest absolute Gasteiger partial charge is 0.387 e. The van der Waals surface area contributed by atoms with Gasteiger partial charge < -0.3 is 15.5 Å². The zero-order chi connectivity index (χ0) is 19.3. The van der Waals surface area contributed by atoms with Crippen LogP contribution in [0.4, 0.5) is 14.9 Å². The molecule has 1 aromatic rings. The Morgan fingerprint density at radius 1 is 1.38 bits per heavy atom. The zero-order valence-electron chi connectivity index (χ0n) is 15.3. The second kappa shape index (κ2) is 8.75. The molecular weight excluding hydrogens is 353 g/mol. The van der Waals surface area contributed by atoms with Crippen LogP contribution >= 0.6 is 12.2 Å². The summed E-state index contributed by atoms with van der Waals surface area (Å²) < 4.78 is 14.2. The lowest BCUT2D eigenvalue weighted by atomic mass is 10.0. The van der Waals surface area contributed by atoms with Gasteiger partial charge in [0, 0.05) is 38.4 Å². The number of nitrogens with one attached hydrogen (secondary N) is 1. The molecule has 1 heterocycles. The van der Waals surface area contributed by atoms with E-state index >= 15 is 0 Å². The van der Waals surface area contributed by atoms with E-state index in [0.29, 0.717) is 37.3 Å². The van der Waals surface area contributed by atoms with Gasteiger partial charge in [-0.2, -0.15) is 0 Å². The first-order valence-electron chi connectivity index (χ1n) is 8.33. The van der Waals surface area contributed by atoms with Gasteiger partial charge in [-0.15, -0.1) is 0 Å². The monoisotopic (exact) mass is 377 g/mol. The molecule has 26 heavy (non-hydrogen) atoms. The summed E-state index contributed by atoms with van der Waals surface area (Å²) in [6.45, 7) is 2.69. The SMILES string of the molecule is C/C(N)=N/C(=S)NC(=O)N1CCC(=Cc2ccc(N(C)C)cc2F)CC1. The highest BCUT2D eigenvalue weighted by Crippen LogP contribution is 2.23. The molecule has 0 aliphatic carbocycles. The molecule has 0 radical (unpaired) electrons. The summed E-state index contributed by atoms with van der Waals surface area (Å²) in [5, 5.41) is 2.59. The van der Waals surface area contributed by atoms with Crippen molar-refractivity contribution < 1.29 is 9.18 Å². The topological polar surface area (TPSA) is 74.0 Å². The molecule has 8 heteroatoms. The average Bonchev–Trinajstić information content (AvgIpc) is 2.56. The van der Waals surface area contributed by atoms with Gasteiger partial charge in [-0.3, -0.25) is 5.32 Å². The number of amidine groups is 1. The van der Waals surface area contributed by atoms with E-state index in [2.05, 4.69) is 10.3 Å². The number of amides is 2. The third-order valence-electron chi connectivity index (χ3n) is 4.04. The molecule has 6 nitrogen and oxygen atoms in total. The van der Waals surface area contributed by atoms with E-state index in [9.17, 15) is 9.18 Å². The van der Waals surface area contributed by atoms with E-state index in [1.54, 1.807) is 17.9 Å². The Morgan fingerprint density at radius 2 is 2.04 bits per heavy atom.